The number of hydrogen-bond acceptors (Lipinski definition) is 3. The van der Waals surface area contributed by atoms with Crippen molar-refractivity contribution >= 4 is 17.3 Å². The Bertz CT molecular complexity index is 459. The average Bonchev–Trinajstić information content (AvgIpc) is 2.38. The van der Waals surface area contributed by atoms with Gasteiger partial charge in [0.25, 0.3) is 0 Å². The van der Waals surface area contributed by atoms with Crippen LogP contribution in [-0.4, -0.2) is 25.0 Å². The lowest BCUT2D eigenvalue weighted by molar-refractivity contribution is -0.120. The highest BCUT2D eigenvalue weighted by Crippen LogP contribution is 2.28. The van der Waals surface area contributed by atoms with Crippen molar-refractivity contribution in [1.29, 1.82) is 0 Å². The van der Waals surface area contributed by atoms with Gasteiger partial charge in [0.1, 0.15) is 0 Å². The zero-order valence-electron chi connectivity index (χ0n) is 11.8. The lowest BCUT2D eigenvalue weighted by atomic mass is 10.0. The van der Waals surface area contributed by atoms with Crippen LogP contribution in [0.15, 0.2) is 18.2 Å². The number of carbonyl (C=O) groups is 1. The SMILES string of the molecule is CCC(C)NC(=O)CN1CCCc2cc(N)ccc21. The highest BCUT2D eigenvalue weighted by Gasteiger charge is 2.19. The fourth-order valence-electron chi connectivity index (χ4n) is 2.46. The van der Waals surface area contributed by atoms with Gasteiger partial charge >= 0.3 is 0 Å². The number of fused-ring (bicyclic) bond motifs is 1. The van der Waals surface area contributed by atoms with Gasteiger partial charge in [-0.05, 0) is 49.9 Å². The number of benzene rings is 1. The number of aryl methyl sites for hydroxylation is 1. The minimum atomic E-state index is 0.0963. The summed E-state index contributed by atoms with van der Waals surface area (Å²) in [5.74, 6) is 0.0963. The standard InChI is InChI=1S/C15H23N3O/c1-3-11(2)17-15(19)10-18-8-4-5-12-9-13(16)6-7-14(12)18/h6-7,9,11H,3-5,8,10,16H2,1-2H3,(H,17,19). The van der Waals surface area contributed by atoms with Crippen molar-refractivity contribution in [3.63, 3.8) is 0 Å². The molecule has 3 N–H and O–H groups in total. The van der Waals surface area contributed by atoms with E-state index in [0.29, 0.717) is 6.54 Å². The van der Waals surface area contributed by atoms with Crippen molar-refractivity contribution in [2.75, 3.05) is 23.7 Å². The molecule has 19 heavy (non-hydrogen) atoms. The molecule has 0 saturated carbocycles. The van der Waals surface area contributed by atoms with Crippen LogP contribution < -0.4 is 16.0 Å². The first-order chi connectivity index (χ1) is 9.10. The molecule has 4 heteroatoms. The summed E-state index contributed by atoms with van der Waals surface area (Å²) in [6.45, 7) is 5.47. The zero-order chi connectivity index (χ0) is 13.8. The van der Waals surface area contributed by atoms with Gasteiger partial charge in [-0.1, -0.05) is 6.92 Å². The Kier molecular flexibility index (Phi) is 4.30. The molecule has 104 valence electrons. The third-order valence-corrected chi connectivity index (χ3v) is 3.67. The average molecular weight is 261 g/mol. The van der Waals surface area contributed by atoms with Crippen LogP contribution in [-0.2, 0) is 11.2 Å². The number of amides is 1. The topological polar surface area (TPSA) is 58.4 Å². The Labute approximate surface area is 115 Å². The third kappa shape index (κ3) is 3.40. The largest absolute Gasteiger partial charge is 0.399 e. The van der Waals surface area contributed by atoms with Gasteiger partial charge in [-0.25, -0.2) is 0 Å². The molecular weight excluding hydrogens is 238 g/mol. The van der Waals surface area contributed by atoms with Crippen molar-refractivity contribution < 1.29 is 4.79 Å². The van der Waals surface area contributed by atoms with Crippen molar-refractivity contribution in [3.8, 4) is 0 Å². The number of rotatable bonds is 4. The summed E-state index contributed by atoms with van der Waals surface area (Å²) >= 11 is 0. The fourth-order valence-corrected chi connectivity index (χ4v) is 2.46. The van der Waals surface area contributed by atoms with E-state index < -0.39 is 0 Å². The van der Waals surface area contributed by atoms with Crippen molar-refractivity contribution in [3.05, 3.63) is 23.8 Å². The van der Waals surface area contributed by atoms with Gasteiger partial charge in [-0.3, -0.25) is 4.79 Å². The lowest BCUT2D eigenvalue weighted by Gasteiger charge is -2.31. The van der Waals surface area contributed by atoms with E-state index in [1.807, 2.05) is 25.1 Å². The number of hydrogen-bond donors (Lipinski definition) is 2. The van der Waals surface area contributed by atoms with Gasteiger partial charge in [0.2, 0.25) is 5.91 Å². The fraction of sp³-hybridized carbons (Fsp3) is 0.533. The third-order valence-electron chi connectivity index (χ3n) is 3.67. The lowest BCUT2D eigenvalue weighted by Crippen LogP contribution is -2.42. The Morgan fingerprint density at radius 1 is 1.53 bits per heavy atom. The first-order valence-corrected chi connectivity index (χ1v) is 7.03. The molecule has 1 amide bonds. The zero-order valence-corrected chi connectivity index (χ0v) is 11.8. The van der Waals surface area contributed by atoms with Crippen LogP contribution in [0.5, 0.6) is 0 Å². The van der Waals surface area contributed by atoms with Crippen LogP contribution in [0.2, 0.25) is 0 Å². The van der Waals surface area contributed by atoms with E-state index in [4.69, 9.17) is 5.73 Å². The number of nitrogen functional groups attached to an aromatic ring is 1. The first kappa shape index (κ1) is 13.7. The summed E-state index contributed by atoms with van der Waals surface area (Å²) in [5, 5.41) is 3.01. The summed E-state index contributed by atoms with van der Waals surface area (Å²) in [7, 11) is 0. The van der Waals surface area contributed by atoms with Gasteiger partial charge in [0, 0.05) is 24.0 Å². The summed E-state index contributed by atoms with van der Waals surface area (Å²) in [5.41, 5.74) is 9.02. The highest BCUT2D eigenvalue weighted by molar-refractivity contribution is 5.82. The molecule has 0 bridgehead atoms. The maximum atomic E-state index is 12.0. The monoisotopic (exact) mass is 261 g/mol. The quantitative estimate of drug-likeness (QED) is 0.814. The van der Waals surface area contributed by atoms with Crippen LogP contribution in [0.1, 0.15) is 32.3 Å². The second kappa shape index (κ2) is 5.95. The molecule has 0 spiro atoms. The van der Waals surface area contributed by atoms with Gasteiger partial charge in [-0.2, -0.15) is 0 Å². The van der Waals surface area contributed by atoms with E-state index in [2.05, 4.69) is 17.1 Å². The van der Waals surface area contributed by atoms with Crippen molar-refractivity contribution in [1.82, 2.24) is 5.32 Å². The predicted molar refractivity (Wildman–Crippen MR) is 79.3 cm³/mol. The normalized spacial score (nSPS) is 15.8. The number of nitrogens with zero attached hydrogens (tertiary/aromatic N) is 1. The molecule has 4 nitrogen and oxygen atoms in total. The molecule has 1 atom stereocenters. The van der Waals surface area contributed by atoms with Crippen LogP contribution in [0.3, 0.4) is 0 Å². The number of nitrogens with two attached hydrogens (primary N) is 1. The van der Waals surface area contributed by atoms with Gasteiger partial charge in [0.05, 0.1) is 6.54 Å². The maximum absolute atomic E-state index is 12.0. The van der Waals surface area contributed by atoms with E-state index in [1.54, 1.807) is 0 Å². The first-order valence-electron chi connectivity index (χ1n) is 7.03. The van der Waals surface area contributed by atoms with Gasteiger partial charge < -0.3 is 16.0 Å². The Hall–Kier alpha value is -1.71. The molecule has 1 unspecified atom stereocenters. The molecule has 1 aromatic carbocycles. The molecule has 0 saturated heterocycles. The van der Waals surface area contributed by atoms with Gasteiger partial charge in [-0.15, -0.1) is 0 Å². The minimum absolute atomic E-state index is 0.0963. The summed E-state index contributed by atoms with van der Waals surface area (Å²) in [6.07, 6.45) is 3.08. The molecule has 1 heterocycles. The van der Waals surface area contributed by atoms with E-state index in [0.717, 1.165) is 37.2 Å². The summed E-state index contributed by atoms with van der Waals surface area (Å²) < 4.78 is 0. The minimum Gasteiger partial charge on any atom is -0.399 e. The molecule has 0 fully saturated rings. The molecule has 2 rings (SSSR count). The van der Waals surface area contributed by atoms with E-state index in [-0.39, 0.29) is 11.9 Å². The summed E-state index contributed by atoms with van der Waals surface area (Å²) in [6, 6.07) is 6.20. The van der Waals surface area contributed by atoms with Crippen LogP contribution in [0, 0.1) is 0 Å². The predicted octanol–water partition coefficient (Wildman–Crippen LogP) is 1.94. The molecule has 1 aromatic rings. The van der Waals surface area contributed by atoms with Crippen LogP contribution in [0.4, 0.5) is 11.4 Å². The molecule has 0 aromatic heterocycles. The Morgan fingerprint density at radius 3 is 3.05 bits per heavy atom. The maximum Gasteiger partial charge on any atom is 0.239 e. The molecule has 1 aliphatic rings. The second-order valence-electron chi connectivity index (χ2n) is 5.29. The number of carbonyl (C=O) groups excluding carboxylic acids is 1. The second-order valence-corrected chi connectivity index (χ2v) is 5.29. The number of anilines is 2. The molecule has 0 radical (unpaired) electrons. The molecule has 1 aliphatic heterocycles. The van der Waals surface area contributed by atoms with E-state index >= 15 is 0 Å². The Balaban J connectivity index is 2.05. The van der Waals surface area contributed by atoms with Crippen molar-refractivity contribution in [2.45, 2.75) is 39.2 Å². The number of nitrogens with one attached hydrogen (secondary N) is 1. The van der Waals surface area contributed by atoms with Gasteiger partial charge in [0.15, 0.2) is 0 Å². The molecular formula is C15H23N3O. The summed E-state index contributed by atoms with van der Waals surface area (Å²) in [4.78, 5) is 14.1. The van der Waals surface area contributed by atoms with Crippen LogP contribution >= 0.6 is 0 Å². The Morgan fingerprint density at radius 2 is 2.32 bits per heavy atom. The highest BCUT2D eigenvalue weighted by atomic mass is 16.2. The van der Waals surface area contributed by atoms with Crippen LogP contribution in [0.25, 0.3) is 0 Å². The van der Waals surface area contributed by atoms with Crippen molar-refractivity contribution in [2.24, 2.45) is 0 Å². The smallest absolute Gasteiger partial charge is 0.239 e. The molecule has 0 aliphatic carbocycles. The van der Waals surface area contributed by atoms with E-state index in [9.17, 15) is 4.79 Å². The van der Waals surface area contributed by atoms with E-state index in [1.165, 1.54) is 5.56 Å².